The van der Waals surface area contributed by atoms with Crippen LogP contribution in [0, 0.1) is 11.6 Å². The number of benzene rings is 4. The molecule has 0 aliphatic rings. The molecule has 0 aliphatic carbocycles. The Kier molecular flexibility index (Phi) is 8.74. The normalized spacial score (nSPS) is 11.3. The molecule has 5 nitrogen and oxygen atoms in total. The molecule has 0 saturated carbocycles. The van der Waals surface area contributed by atoms with Crippen LogP contribution in [0.15, 0.2) is 95.4 Å². The summed E-state index contributed by atoms with van der Waals surface area (Å²) in [5.74, 6) is -0.969. The zero-order valence-electron chi connectivity index (χ0n) is 22.7. The van der Waals surface area contributed by atoms with Crippen LogP contribution in [0.25, 0.3) is 33.4 Å². The molecular weight excluding hydrogens is 510 g/mol. The first-order valence-corrected chi connectivity index (χ1v) is 13.1. The van der Waals surface area contributed by atoms with Gasteiger partial charge in [0.1, 0.15) is 23.0 Å². The van der Waals surface area contributed by atoms with Gasteiger partial charge in [-0.05, 0) is 84.3 Å². The number of nitrogens with one attached hydrogen (secondary N) is 2. The third kappa shape index (κ3) is 5.94. The molecule has 2 N–H and O–H groups in total. The summed E-state index contributed by atoms with van der Waals surface area (Å²) in [6.07, 6.45) is 0. The van der Waals surface area contributed by atoms with E-state index in [1.165, 1.54) is 31.3 Å². The van der Waals surface area contributed by atoms with Crippen molar-refractivity contribution in [1.29, 1.82) is 0 Å². The van der Waals surface area contributed by atoms with Crippen molar-refractivity contribution in [2.45, 2.75) is 26.8 Å². The van der Waals surface area contributed by atoms with Gasteiger partial charge in [-0.1, -0.05) is 44.2 Å². The summed E-state index contributed by atoms with van der Waals surface area (Å²) in [5, 5.41) is 6.19. The second kappa shape index (κ2) is 12.4. The molecule has 0 aliphatic heterocycles. The van der Waals surface area contributed by atoms with Crippen molar-refractivity contribution in [3.8, 4) is 22.5 Å². The van der Waals surface area contributed by atoms with E-state index in [0.717, 1.165) is 16.7 Å². The van der Waals surface area contributed by atoms with E-state index >= 15 is 0 Å². The van der Waals surface area contributed by atoms with Gasteiger partial charge in [0, 0.05) is 23.6 Å². The highest BCUT2D eigenvalue weighted by Crippen LogP contribution is 2.36. The first-order valence-electron chi connectivity index (χ1n) is 13.1. The topological polar surface area (TPSA) is 71.3 Å². The molecule has 0 saturated heterocycles. The van der Waals surface area contributed by atoms with Gasteiger partial charge >= 0.3 is 0 Å². The molecule has 5 rings (SSSR count). The van der Waals surface area contributed by atoms with E-state index in [4.69, 9.17) is 4.42 Å². The number of amides is 2. The van der Waals surface area contributed by atoms with Gasteiger partial charge in [0.15, 0.2) is 0 Å². The molecule has 2 amide bonds. The number of rotatable bonds is 6. The molecule has 0 spiro atoms. The average molecular weight is 541 g/mol. The van der Waals surface area contributed by atoms with Crippen molar-refractivity contribution in [2.24, 2.45) is 0 Å². The van der Waals surface area contributed by atoms with Crippen LogP contribution in [0.5, 0.6) is 0 Å². The number of hydrogen-bond donors (Lipinski definition) is 2. The largest absolute Gasteiger partial charge is 0.455 e. The van der Waals surface area contributed by atoms with Crippen LogP contribution >= 0.6 is 0 Å². The van der Waals surface area contributed by atoms with Crippen LogP contribution < -0.4 is 10.6 Å². The van der Waals surface area contributed by atoms with Crippen LogP contribution in [0.2, 0.25) is 0 Å². The molecule has 5 aromatic rings. The second-order valence-corrected chi connectivity index (χ2v) is 8.93. The van der Waals surface area contributed by atoms with E-state index in [0.29, 0.717) is 33.4 Å². The first kappa shape index (κ1) is 28.2. The van der Waals surface area contributed by atoms with Gasteiger partial charge in [0.05, 0.1) is 11.6 Å². The maximum atomic E-state index is 13.5. The Labute approximate surface area is 231 Å². The third-order valence-corrected chi connectivity index (χ3v) is 6.42. The molecule has 1 aromatic heterocycles. The zero-order valence-corrected chi connectivity index (χ0v) is 22.7. The average Bonchev–Trinajstić information content (AvgIpc) is 3.37. The predicted octanol–water partition coefficient (Wildman–Crippen LogP) is 7.92. The van der Waals surface area contributed by atoms with Gasteiger partial charge < -0.3 is 15.1 Å². The van der Waals surface area contributed by atoms with E-state index in [-0.39, 0.29) is 29.5 Å². The SMILES string of the molecule is CC.CNC(=O)c1c(-c2ccc(F)cc2)oc2ccc(-c3cccc(C(=O)N[C@@H](C)c4ccc(F)cc4)c3)cc12. The highest BCUT2D eigenvalue weighted by atomic mass is 19.1. The molecule has 1 heterocycles. The molecule has 0 unspecified atom stereocenters. The number of hydrogen-bond acceptors (Lipinski definition) is 3. The lowest BCUT2D eigenvalue weighted by Crippen LogP contribution is -2.26. The Morgan fingerprint density at radius 2 is 1.35 bits per heavy atom. The van der Waals surface area contributed by atoms with Gasteiger partial charge in [-0.2, -0.15) is 0 Å². The quantitative estimate of drug-likeness (QED) is 0.230. The maximum absolute atomic E-state index is 13.5. The summed E-state index contributed by atoms with van der Waals surface area (Å²) in [4.78, 5) is 25.8. The molecule has 0 radical (unpaired) electrons. The summed E-state index contributed by atoms with van der Waals surface area (Å²) in [5.41, 5.74) is 4.25. The highest BCUT2D eigenvalue weighted by molar-refractivity contribution is 6.11. The predicted molar refractivity (Wildman–Crippen MR) is 154 cm³/mol. The van der Waals surface area contributed by atoms with Gasteiger partial charge in [0.2, 0.25) is 0 Å². The second-order valence-electron chi connectivity index (χ2n) is 8.93. The van der Waals surface area contributed by atoms with Crippen molar-refractivity contribution in [3.63, 3.8) is 0 Å². The summed E-state index contributed by atoms with van der Waals surface area (Å²) >= 11 is 0. The summed E-state index contributed by atoms with van der Waals surface area (Å²) in [6, 6.07) is 24.1. The van der Waals surface area contributed by atoms with Gasteiger partial charge in [-0.15, -0.1) is 0 Å². The van der Waals surface area contributed by atoms with Crippen molar-refractivity contribution in [2.75, 3.05) is 7.05 Å². The summed E-state index contributed by atoms with van der Waals surface area (Å²) in [6.45, 7) is 5.83. The summed E-state index contributed by atoms with van der Waals surface area (Å²) in [7, 11) is 1.54. The zero-order chi connectivity index (χ0) is 28.8. The van der Waals surface area contributed by atoms with Crippen LogP contribution in [-0.4, -0.2) is 18.9 Å². The fourth-order valence-corrected chi connectivity index (χ4v) is 4.39. The molecule has 204 valence electrons. The Hall–Kier alpha value is -4.78. The number of carbonyl (C=O) groups excluding carboxylic acids is 2. The van der Waals surface area contributed by atoms with Gasteiger partial charge in [-0.3, -0.25) is 9.59 Å². The monoisotopic (exact) mass is 540 g/mol. The Balaban J connectivity index is 0.00000181. The van der Waals surface area contributed by atoms with E-state index < -0.39 is 0 Å². The lowest BCUT2D eigenvalue weighted by molar-refractivity contribution is 0.0937. The van der Waals surface area contributed by atoms with Crippen LogP contribution in [0.3, 0.4) is 0 Å². The molecular formula is C33H30F2N2O3. The number of fused-ring (bicyclic) bond motifs is 1. The van der Waals surface area contributed by atoms with E-state index in [1.54, 1.807) is 48.5 Å². The molecule has 40 heavy (non-hydrogen) atoms. The van der Waals surface area contributed by atoms with Gasteiger partial charge in [0.25, 0.3) is 11.8 Å². The lowest BCUT2D eigenvalue weighted by Gasteiger charge is -2.15. The Morgan fingerprint density at radius 3 is 2.00 bits per heavy atom. The molecule has 0 bridgehead atoms. The standard InChI is InChI=1S/C31H24F2N2O3.C2H6/c1-18(19-6-11-24(32)12-7-19)35-30(36)23-5-3-4-21(16-23)22-10-15-27-26(17-22)28(31(37)34-2)29(38-27)20-8-13-25(33)14-9-20;1-2/h3-18H,1-2H3,(H,34,37)(H,35,36);1-2H3/t18-;/m0./s1. The van der Waals surface area contributed by atoms with Crippen molar-refractivity contribution < 1.29 is 22.8 Å². The molecule has 0 fully saturated rings. The Morgan fingerprint density at radius 1 is 0.750 bits per heavy atom. The number of carbonyl (C=O) groups is 2. The van der Waals surface area contributed by atoms with Crippen LogP contribution in [-0.2, 0) is 0 Å². The maximum Gasteiger partial charge on any atom is 0.255 e. The molecule has 4 aromatic carbocycles. The van der Waals surface area contributed by atoms with Crippen molar-refractivity contribution in [3.05, 3.63) is 119 Å². The minimum Gasteiger partial charge on any atom is -0.455 e. The van der Waals surface area contributed by atoms with Crippen LogP contribution in [0.1, 0.15) is 53.1 Å². The third-order valence-electron chi connectivity index (χ3n) is 6.42. The molecule has 1 atom stereocenters. The van der Waals surface area contributed by atoms with E-state index in [2.05, 4.69) is 10.6 Å². The lowest BCUT2D eigenvalue weighted by atomic mass is 9.98. The first-order chi connectivity index (χ1) is 19.3. The molecule has 7 heteroatoms. The van der Waals surface area contributed by atoms with Crippen molar-refractivity contribution in [1.82, 2.24) is 10.6 Å². The van der Waals surface area contributed by atoms with Crippen LogP contribution in [0.4, 0.5) is 8.78 Å². The Bertz CT molecular complexity index is 1640. The highest BCUT2D eigenvalue weighted by Gasteiger charge is 2.22. The fourth-order valence-electron chi connectivity index (χ4n) is 4.39. The van der Waals surface area contributed by atoms with E-state index in [9.17, 15) is 18.4 Å². The van der Waals surface area contributed by atoms with E-state index in [1.807, 2.05) is 39.0 Å². The minimum absolute atomic E-state index is 0.266. The number of halogens is 2. The smallest absolute Gasteiger partial charge is 0.255 e. The van der Waals surface area contributed by atoms with Crippen molar-refractivity contribution >= 4 is 22.8 Å². The number of furan rings is 1. The summed E-state index contributed by atoms with van der Waals surface area (Å²) < 4.78 is 32.7. The minimum atomic E-state index is -0.385. The van der Waals surface area contributed by atoms with Gasteiger partial charge in [-0.25, -0.2) is 8.78 Å². The fraction of sp³-hybridized carbons (Fsp3) is 0.152.